The van der Waals surface area contributed by atoms with Crippen LogP contribution in [0.15, 0.2) is 4.99 Å². The van der Waals surface area contributed by atoms with Crippen molar-refractivity contribution in [3.8, 4) is 0 Å². The van der Waals surface area contributed by atoms with Gasteiger partial charge in [0.25, 0.3) is 0 Å². The molecular formula is C11H20N2S. The molecule has 0 amide bonds. The van der Waals surface area contributed by atoms with Gasteiger partial charge in [0.15, 0.2) is 5.17 Å². The smallest absolute Gasteiger partial charge is 0.156 e. The van der Waals surface area contributed by atoms with Gasteiger partial charge in [0.05, 0.1) is 6.54 Å². The Balaban J connectivity index is 1.65. The first-order valence-corrected chi connectivity index (χ1v) is 6.74. The molecule has 0 aromatic rings. The van der Waals surface area contributed by atoms with E-state index in [0.29, 0.717) is 0 Å². The number of thioether (sulfide) groups is 1. The number of hydrogen-bond acceptors (Lipinski definition) is 3. The van der Waals surface area contributed by atoms with Crippen LogP contribution in [-0.2, 0) is 0 Å². The number of amidine groups is 1. The van der Waals surface area contributed by atoms with E-state index in [0.717, 1.165) is 24.9 Å². The molecule has 1 saturated carbocycles. The molecule has 0 saturated heterocycles. The van der Waals surface area contributed by atoms with Crippen molar-refractivity contribution in [3.05, 3.63) is 0 Å². The zero-order valence-electron chi connectivity index (χ0n) is 8.96. The molecule has 80 valence electrons. The number of hydrogen-bond donors (Lipinski definition) is 1. The molecule has 0 spiro atoms. The summed E-state index contributed by atoms with van der Waals surface area (Å²) < 4.78 is 0. The topological polar surface area (TPSA) is 24.4 Å². The summed E-state index contributed by atoms with van der Waals surface area (Å²) >= 11 is 1.87. The largest absolute Gasteiger partial charge is 0.365 e. The zero-order chi connectivity index (χ0) is 9.80. The van der Waals surface area contributed by atoms with E-state index in [-0.39, 0.29) is 0 Å². The molecule has 1 heterocycles. The fourth-order valence-corrected chi connectivity index (χ4v) is 2.95. The normalized spacial score (nSPS) is 32.8. The molecule has 1 N–H and O–H groups in total. The number of nitrogens with zero attached hydrogens (tertiary/aromatic N) is 1. The van der Waals surface area contributed by atoms with Gasteiger partial charge >= 0.3 is 0 Å². The second kappa shape index (κ2) is 5.06. The van der Waals surface area contributed by atoms with Crippen LogP contribution >= 0.6 is 11.8 Å². The van der Waals surface area contributed by atoms with Crippen molar-refractivity contribution < 1.29 is 0 Å². The lowest BCUT2D eigenvalue weighted by molar-refractivity contribution is 0.290. The number of nitrogens with one attached hydrogen (secondary N) is 1. The Morgan fingerprint density at radius 3 is 2.79 bits per heavy atom. The fraction of sp³-hybridized carbons (Fsp3) is 0.909. The summed E-state index contributed by atoms with van der Waals surface area (Å²) in [6.45, 7) is 4.54. The fourth-order valence-electron chi connectivity index (χ4n) is 2.21. The van der Waals surface area contributed by atoms with Crippen LogP contribution in [0, 0.1) is 11.8 Å². The van der Waals surface area contributed by atoms with Crippen LogP contribution in [0.2, 0.25) is 0 Å². The van der Waals surface area contributed by atoms with Crippen molar-refractivity contribution in [1.82, 2.24) is 5.32 Å². The Morgan fingerprint density at radius 1 is 1.36 bits per heavy atom. The van der Waals surface area contributed by atoms with Crippen LogP contribution < -0.4 is 5.32 Å². The molecule has 0 bridgehead atoms. The maximum atomic E-state index is 4.40. The van der Waals surface area contributed by atoms with E-state index in [1.165, 1.54) is 36.6 Å². The molecule has 14 heavy (non-hydrogen) atoms. The highest BCUT2D eigenvalue weighted by atomic mass is 32.2. The van der Waals surface area contributed by atoms with Crippen LogP contribution in [0.25, 0.3) is 0 Å². The summed E-state index contributed by atoms with van der Waals surface area (Å²) in [5.41, 5.74) is 0. The molecular weight excluding hydrogens is 192 g/mol. The Bertz CT molecular complexity index is 207. The molecule has 0 unspecified atom stereocenters. The predicted molar refractivity (Wildman–Crippen MR) is 63.9 cm³/mol. The van der Waals surface area contributed by atoms with E-state index in [1.54, 1.807) is 0 Å². The van der Waals surface area contributed by atoms with Crippen molar-refractivity contribution >= 4 is 16.9 Å². The SMILES string of the molecule is CC1CCC(CNC2=NCCS2)CC1. The third kappa shape index (κ3) is 2.91. The minimum Gasteiger partial charge on any atom is -0.365 e. The summed E-state index contributed by atoms with van der Waals surface area (Å²) in [4.78, 5) is 4.40. The van der Waals surface area contributed by atoms with Gasteiger partial charge in [0.1, 0.15) is 0 Å². The summed E-state index contributed by atoms with van der Waals surface area (Å²) in [7, 11) is 0. The van der Waals surface area contributed by atoms with Crippen molar-refractivity contribution in [2.24, 2.45) is 16.8 Å². The van der Waals surface area contributed by atoms with Gasteiger partial charge < -0.3 is 5.32 Å². The van der Waals surface area contributed by atoms with Crippen molar-refractivity contribution in [1.29, 1.82) is 0 Å². The summed E-state index contributed by atoms with van der Waals surface area (Å²) in [6.07, 6.45) is 5.66. The quantitative estimate of drug-likeness (QED) is 0.760. The summed E-state index contributed by atoms with van der Waals surface area (Å²) in [5.74, 6) is 3.03. The molecule has 0 aromatic heterocycles. The lowest BCUT2D eigenvalue weighted by Gasteiger charge is -2.26. The van der Waals surface area contributed by atoms with E-state index in [4.69, 9.17) is 0 Å². The lowest BCUT2D eigenvalue weighted by Crippen LogP contribution is -2.28. The first-order chi connectivity index (χ1) is 6.84. The predicted octanol–water partition coefficient (Wildman–Crippen LogP) is 2.51. The van der Waals surface area contributed by atoms with Crippen molar-refractivity contribution in [2.75, 3.05) is 18.8 Å². The van der Waals surface area contributed by atoms with Crippen molar-refractivity contribution in [3.63, 3.8) is 0 Å². The minimum absolute atomic E-state index is 0.898. The van der Waals surface area contributed by atoms with E-state index < -0.39 is 0 Å². The monoisotopic (exact) mass is 212 g/mol. The van der Waals surface area contributed by atoms with Gasteiger partial charge in [0.2, 0.25) is 0 Å². The van der Waals surface area contributed by atoms with Gasteiger partial charge in [-0.25, -0.2) is 0 Å². The third-order valence-electron chi connectivity index (χ3n) is 3.26. The van der Waals surface area contributed by atoms with Crippen LogP contribution in [-0.4, -0.2) is 24.0 Å². The molecule has 1 fully saturated rings. The Morgan fingerprint density at radius 2 is 2.14 bits per heavy atom. The highest BCUT2D eigenvalue weighted by molar-refractivity contribution is 8.14. The van der Waals surface area contributed by atoms with Gasteiger partial charge in [-0.1, -0.05) is 31.5 Å². The molecule has 2 nitrogen and oxygen atoms in total. The van der Waals surface area contributed by atoms with Gasteiger partial charge in [-0.3, -0.25) is 4.99 Å². The van der Waals surface area contributed by atoms with Crippen molar-refractivity contribution in [2.45, 2.75) is 32.6 Å². The summed E-state index contributed by atoms with van der Waals surface area (Å²) in [6, 6.07) is 0. The maximum Gasteiger partial charge on any atom is 0.156 e. The first-order valence-electron chi connectivity index (χ1n) is 5.75. The molecule has 0 aromatic carbocycles. The molecule has 0 radical (unpaired) electrons. The van der Waals surface area contributed by atoms with Gasteiger partial charge in [-0.05, 0) is 24.7 Å². The molecule has 3 heteroatoms. The molecule has 0 atom stereocenters. The van der Waals surface area contributed by atoms with E-state index in [9.17, 15) is 0 Å². The van der Waals surface area contributed by atoms with Crippen LogP contribution in [0.5, 0.6) is 0 Å². The first kappa shape index (κ1) is 10.3. The Labute approximate surface area is 90.9 Å². The molecule has 1 aliphatic heterocycles. The number of rotatable bonds is 2. The zero-order valence-corrected chi connectivity index (χ0v) is 9.78. The Hall–Kier alpha value is -0.180. The van der Waals surface area contributed by atoms with E-state index in [1.807, 2.05) is 11.8 Å². The average Bonchev–Trinajstić information content (AvgIpc) is 2.70. The molecule has 2 aliphatic rings. The lowest BCUT2D eigenvalue weighted by atomic mass is 9.83. The van der Waals surface area contributed by atoms with Crippen LogP contribution in [0.3, 0.4) is 0 Å². The van der Waals surface area contributed by atoms with Gasteiger partial charge in [-0.2, -0.15) is 0 Å². The van der Waals surface area contributed by atoms with Crippen LogP contribution in [0.4, 0.5) is 0 Å². The minimum atomic E-state index is 0.898. The third-order valence-corrected chi connectivity index (χ3v) is 4.20. The molecule has 2 rings (SSSR count). The highest BCUT2D eigenvalue weighted by Gasteiger charge is 2.18. The summed E-state index contributed by atoms with van der Waals surface area (Å²) in [5, 5.41) is 4.66. The van der Waals surface area contributed by atoms with Crippen LogP contribution in [0.1, 0.15) is 32.6 Å². The van der Waals surface area contributed by atoms with E-state index >= 15 is 0 Å². The second-order valence-electron chi connectivity index (χ2n) is 4.54. The highest BCUT2D eigenvalue weighted by Crippen LogP contribution is 2.27. The Kier molecular flexibility index (Phi) is 3.74. The van der Waals surface area contributed by atoms with E-state index in [2.05, 4.69) is 17.2 Å². The van der Waals surface area contributed by atoms with Gasteiger partial charge in [-0.15, -0.1) is 0 Å². The average molecular weight is 212 g/mol. The number of aliphatic imine (C=N–C) groups is 1. The van der Waals surface area contributed by atoms with Gasteiger partial charge in [0, 0.05) is 12.3 Å². The second-order valence-corrected chi connectivity index (χ2v) is 5.63. The maximum absolute atomic E-state index is 4.40. The standard InChI is InChI=1S/C11H20N2S/c1-9-2-4-10(5-3-9)8-13-11-12-6-7-14-11/h9-10H,2-8H2,1H3,(H,12,13). The molecule has 1 aliphatic carbocycles.